The number of ether oxygens (including phenoxy) is 1. The number of rotatable bonds is 8. The number of hydrogen-bond donors (Lipinski definition) is 0. The summed E-state index contributed by atoms with van der Waals surface area (Å²) in [6, 6.07) is 0. The van der Waals surface area contributed by atoms with E-state index in [1.54, 1.807) is 7.11 Å². The third kappa shape index (κ3) is 8.46. The van der Waals surface area contributed by atoms with Crippen molar-refractivity contribution in [2.24, 2.45) is 0 Å². The van der Waals surface area contributed by atoms with Crippen LogP contribution in [-0.2, 0) is 20.6 Å². The van der Waals surface area contributed by atoms with E-state index in [-0.39, 0.29) is 0 Å². The van der Waals surface area contributed by atoms with Crippen LogP contribution >= 0.6 is 0 Å². The Balaban J connectivity index is 2.95. The summed E-state index contributed by atoms with van der Waals surface area (Å²) in [7, 11) is 1.73. The Morgan fingerprint density at radius 1 is 1.08 bits per heavy atom. The van der Waals surface area contributed by atoms with Crippen LogP contribution in [0.3, 0.4) is 0 Å². The van der Waals surface area contributed by atoms with Crippen LogP contribution in [0.25, 0.3) is 0 Å². The molecule has 0 aromatic rings. The van der Waals surface area contributed by atoms with Gasteiger partial charge in [-0.05, 0) is 0 Å². The van der Waals surface area contributed by atoms with Crippen molar-refractivity contribution in [3.05, 3.63) is 0 Å². The van der Waals surface area contributed by atoms with Crippen LogP contribution in [0.4, 0.5) is 0 Å². The Labute approximate surface area is 84.5 Å². The van der Waals surface area contributed by atoms with E-state index in [4.69, 9.17) is 4.74 Å². The molecular weight excluding hydrogens is 188 g/mol. The van der Waals surface area contributed by atoms with Crippen molar-refractivity contribution in [3.63, 3.8) is 0 Å². The Morgan fingerprint density at radius 2 is 1.67 bits per heavy atom. The summed E-state index contributed by atoms with van der Waals surface area (Å²) >= 11 is 2.92. The van der Waals surface area contributed by atoms with Gasteiger partial charge in [-0.2, -0.15) is 0 Å². The van der Waals surface area contributed by atoms with Gasteiger partial charge in [0.15, 0.2) is 0 Å². The first-order valence-electron chi connectivity index (χ1n) is 4.88. The topological polar surface area (TPSA) is 9.23 Å². The predicted molar refractivity (Wildman–Crippen MR) is 50.0 cm³/mol. The number of hydrogen-bond acceptors (Lipinski definition) is 1. The summed E-state index contributed by atoms with van der Waals surface area (Å²) in [5.74, 6) is 0. The quantitative estimate of drug-likeness (QED) is 0.557. The van der Waals surface area contributed by atoms with Gasteiger partial charge in [0.25, 0.3) is 0 Å². The molecule has 0 rings (SSSR count). The molecule has 0 aliphatic rings. The molecule has 0 aromatic carbocycles. The second-order valence-corrected chi connectivity index (χ2v) is 3.80. The number of methoxy groups -OCH3 is 1. The standard InChI is InChI=1S/C10H20O.Cr/c1-3-4-5-6-7-8-9-10-11-2;/h3-9H2,1-2H3;. The normalized spacial score (nSPS) is 10.2. The van der Waals surface area contributed by atoms with Crippen LogP contribution in [0.1, 0.15) is 51.9 Å². The van der Waals surface area contributed by atoms with E-state index in [1.807, 2.05) is 0 Å². The SMILES string of the molecule is CCCCCCCC[C](=[Cr])OC. The van der Waals surface area contributed by atoms with E-state index < -0.39 is 0 Å². The van der Waals surface area contributed by atoms with Gasteiger partial charge in [0.05, 0.1) is 0 Å². The Morgan fingerprint density at radius 3 is 2.25 bits per heavy atom. The summed E-state index contributed by atoms with van der Waals surface area (Å²) in [5, 5.41) is 0. The Hall–Kier alpha value is 0.362. The minimum absolute atomic E-state index is 1.05. The van der Waals surface area contributed by atoms with Gasteiger partial charge in [0, 0.05) is 0 Å². The molecule has 72 valence electrons. The minimum atomic E-state index is 1.05. The van der Waals surface area contributed by atoms with Crippen molar-refractivity contribution in [3.8, 4) is 0 Å². The molecule has 0 bridgehead atoms. The van der Waals surface area contributed by atoms with Gasteiger partial charge in [0.1, 0.15) is 0 Å². The van der Waals surface area contributed by atoms with Crippen LogP contribution in [0.15, 0.2) is 0 Å². The van der Waals surface area contributed by atoms with Crippen LogP contribution in [-0.4, -0.2) is 11.7 Å². The summed E-state index contributed by atoms with van der Waals surface area (Å²) in [6.07, 6.45) is 9.18. The molecule has 0 aliphatic heterocycles. The molecule has 1 nitrogen and oxygen atoms in total. The molecule has 0 fully saturated rings. The molecule has 0 N–H and O–H groups in total. The molecule has 0 saturated heterocycles. The first kappa shape index (κ1) is 12.4. The van der Waals surface area contributed by atoms with Crippen molar-refractivity contribution in [2.75, 3.05) is 7.11 Å². The zero-order valence-corrected chi connectivity index (χ0v) is 9.54. The second kappa shape index (κ2) is 9.45. The molecule has 2 heteroatoms. The van der Waals surface area contributed by atoms with E-state index in [0.717, 1.165) is 11.0 Å². The van der Waals surface area contributed by atoms with E-state index >= 15 is 0 Å². The molecule has 0 heterocycles. The first-order chi connectivity index (χ1) is 5.81. The first-order valence-corrected chi connectivity index (χ1v) is 5.51. The van der Waals surface area contributed by atoms with Crippen molar-refractivity contribution >= 4 is 4.57 Å². The van der Waals surface area contributed by atoms with E-state index in [9.17, 15) is 0 Å². The summed E-state index contributed by atoms with van der Waals surface area (Å²) in [5.41, 5.74) is 0. The number of unbranched alkanes of at least 4 members (excludes halogenated alkanes) is 5. The monoisotopic (exact) mass is 208 g/mol. The van der Waals surface area contributed by atoms with E-state index in [2.05, 4.69) is 22.8 Å². The van der Waals surface area contributed by atoms with E-state index in [0.29, 0.717) is 0 Å². The van der Waals surface area contributed by atoms with Gasteiger partial charge in [-0.15, -0.1) is 0 Å². The van der Waals surface area contributed by atoms with Crippen LogP contribution in [0.2, 0.25) is 0 Å². The summed E-state index contributed by atoms with van der Waals surface area (Å²) in [6.45, 7) is 2.25. The van der Waals surface area contributed by atoms with Crippen LogP contribution in [0, 0.1) is 0 Å². The van der Waals surface area contributed by atoms with Gasteiger partial charge in [-0.3, -0.25) is 0 Å². The maximum atomic E-state index is 5.04. The van der Waals surface area contributed by atoms with Crippen LogP contribution < -0.4 is 0 Å². The van der Waals surface area contributed by atoms with Gasteiger partial charge < -0.3 is 0 Å². The van der Waals surface area contributed by atoms with Crippen molar-refractivity contribution in [1.29, 1.82) is 0 Å². The molecule has 0 radical (unpaired) electrons. The molecule has 0 saturated carbocycles. The molecule has 0 spiro atoms. The third-order valence-corrected chi connectivity index (χ3v) is 2.54. The maximum absolute atomic E-state index is 5.04. The summed E-state index contributed by atoms with van der Waals surface area (Å²) < 4.78 is 6.09. The van der Waals surface area contributed by atoms with Crippen molar-refractivity contribution in [1.82, 2.24) is 0 Å². The zero-order valence-electron chi connectivity index (χ0n) is 8.27. The predicted octanol–water partition coefficient (Wildman–Crippen LogP) is 3.06. The second-order valence-electron chi connectivity index (χ2n) is 3.09. The third-order valence-electron chi connectivity index (χ3n) is 1.96. The zero-order chi connectivity index (χ0) is 9.23. The van der Waals surface area contributed by atoms with Gasteiger partial charge in [0.2, 0.25) is 0 Å². The average molecular weight is 208 g/mol. The molecule has 0 aromatic heterocycles. The molecule has 12 heavy (non-hydrogen) atoms. The fourth-order valence-corrected chi connectivity index (χ4v) is 1.38. The van der Waals surface area contributed by atoms with Crippen molar-refractivity contribution in [2.45, 2.75) is 51.9 Å². The Kier molecular flexibility index (Phi) is 9.74. The average Bonchev–Trinajstić information content (AvgIpc) is 2.10. The molecule has 0 atom stereocenters. The summed E-state index contributed by atoms with van der Waals surface area (Å²) in [4.78, 5) is 0. The van der Waals surface area contributed by atoms with Gasteiger partial charge in [-0.1, -0.05) is 0 Å². The van der Waals surface area contributed by atoms with Crippen molar-refractivity contribution < 1.29 is 20.6 Å². The van der Waals surface area contributed by atoms with Gasteiger partial charge in [-0.25, -0.2) is 0 Å². The molecule has 0 aliphatic carbocycles. The van der Waals surface area contributed by atoms with Crippen LogP contribution in [0.5, 0.6) is 0 Å². The fourth-order valence-electron chi connectivity index (χ4n) is 1.15. The van der Waals surface area contributed by atoms with Gasteiger partial charge >= 0.3 is 84.1 Å². The van der Waals surface area contributed by atoms with E-state index in [1.165, 1.54) is 38.5 Å². The molecular formula is C10H20CrO. The Bertz CT molecular complexity index is 112. The molecule has 0 amide bonds. The fraction of sp³-hybridized carbons (Fsp3) is 0.900. The molecule has 0 unspecified atom stereocenters.